The highest BCUT2D eigenvalue weighted by molar-refractivity contribution is 7.14. The van der Waals surface area contributed by atoms with Crippen molar-refractivity contribution in [2.24, 2.45) is 0 Å². The SMILES string of the molecule is CCc1ccc(-c2csc(NC(=O)COc3cc(C)ccc3C)n2)cc1. The number of hydrogen-bond acceptors (Lipinski definition) is 4. The van der Waals surface area contributed by atoms with Gasteiger partial charge in [0.05, 0.1) is 5.69 Å². The molecule has 0 aliphatic heterocycles. The summed E-state index contributed by atoms with van der Waals surface area (Å²) < 4.78 is 5.63. The van der Waals surface area contributed by atoms with Gasteiger partial charge in [-0.05, 0) is 43.0 Å². The third-order valence-electron chi connectivity index (χ3n) is 4.11. The second-order valence-electron chi connectivity index (χ2n) is 6.19. The Labute approximate surface area is 157 Å². The molecule has 1 N–H and O–H groups in total. The number of rotatable bonds is 6. The van der Waals surface area contributed by atoms with E-state index in [1.807, 2.05) is 37.4 Å². The predicted octanol–water partition coefficient (Wildman–Crippen LogP) is 5.01. The lowest BCUT2D eigenvalue weighted by Crippen LogP contribution is -2.20. The van der Waals surface area contributed by atoms with Crippen LogP contribution in [0.1, 0.15) is 23.6 Å². The third-order valence-corrected chi connectivity index (χ3v) is 4.87. The molecule has 26 heavy (non-hydrogen) atoms. The minimum atomic E-state index is -0.215. The molecule has 0 radical (unpaired) electrons. The first-order chi connectivity index (χ1) is 12.5. The molecule has 3 rings (SSSR count). The molecule has 2 aromatic carbocycles. The molecule has 0 spiro atoms. The van der Waals surface area contributed by atoms with Crippen molar-refractivity contribution >= 4 is 22.4 Å². The second-order valence-corrected chi connectivity index (χ2v) is 7.05. The van der Waals surface area contributed by atoms with E-state index in [0.29, 0.717) is 5.13 Å². The van der Waals surface area contributed by atoms with Crippen LogP contribution in [0.3, 0.4) is 0 Å². The van der Waals surface area contributed by atoms with E-state index in [4.69, 9.17) is 4.74 Å². The fourth-order valence-corrected chi connectivity index (χ4v) is 3.27. The van der Waals surface area contributed by atoms with Crippen molar-refractivity contribution in [2.45, 2.75) is 27.2 Å². The molecule has 0 saturated heterocycles. The van der Waals surface area contributed by atoms with E-state index in [1.54, 1.807) is 0 Å². The Bertz CT molecular complexity index is 901. The largest absolute Gasteiger partial charge is 0.483 e. The van der Waals surface area contributed by atoms with Gasteiger partial charge in [-0.15, -0.1) is 11.3 Å². The van der Waals surface area contributed by atoms with Crippen molar-refractivity contribution in [3.8, 4) is 17.0 Å². The predicted molar refractivity (Wildman–Crippen MR) is 107 cm³/mol. The van der Waals surface area contributed by atoms with E-state index >= 15 is 0 Å². The highest BCUT2D eigenvalue weighted by Gasteiger charge is 2.10. The molecular formula is C21H22N2O2S. The Balaban J connectivity index is 1.59. The van der Waals surface area contributed by atoms with Gasteiger partial charge in [0.2, 0.25) is 0 Å². The lowest BCUT2D eigenvalue weighted by atomic mass is 10.1. The van der Waals surface area contributed by atoms with Gasteiger partial charge in [-0.25, -0.2) is 4.98 Å². The fourth-order valence-electron chi connectivity index (χ4n) is 2.54. The molecule has 0 unspecified atom stereocenters. The zero-order chi connectivity index (χ0) is 18.5. The van der Waals surface area contributed by atoms with Gasteiger partial charge in [0.1, 0.15) is 5.75 Å². The van der Waals surface area contributed by atoms with Gasteiger partial charge in [0.25, 0.3) is 5.91 Å². The number of benzene rings is 2. The summed E-state index contributed by atoms with van der Waals surface area (Å²) in [4.78, 5) is 16.6. The first kappa shape index (κ1) is 18.1. The smallest absolute Gasteiger partial charge is 0.264 e. The quantitative estimate of drug-likeness (QED) is 0.667. The summed E-state index contributed by atoms with van der Waals surface area (Å²) in [5, 5.41) is 5.33. The van der Waals surface area contributed by atoms with E-state index in [9.17, 15) is 4.79 Å². The first-order valence-corrected chi connectivity index (χ1v) is 9.48. The zero-order valence-electron chi connectivity index (χ0n) is 15.2. The molecule has 0 aliphatic carbocycles. The van der Waals surface area contributed by atoms with Crippen LogP contribution in [-0.2, 0) is 11.2 Å². The summed E-state index contributed by atoms with van der Waals surface area (Å²) in [6.45, 7) is 6.05. The Morgan fingerprint density at radius 1 is 1.15 bits per heavy atom. The van der Waals surface area contributed by atoms with Crippen molar-refractivity contribution in [1.29, 1.82) is 0 Å². The molecule has 0 bridgehead atoms. The van der Waals surface area contributed by atoms with Crippen LogP contribution in [0.4, 0.5) is 5.13 Å². The van der Waals surface area contributed by atoms with Gasteiger partial charge >= 0.3 is 0 Å². The summed E-state index contributed by atoms with van der Waals surface area (Å²) >= 11 is 1.41. The van der Waals surface area contributed by atoms with Gasteiger partial charge in [-0.1, -0.05) is 43.3 Å². The second kappa shape index (κ2) is 8.15. The number of anilines is 1. The van der Waals surface area contributed by atoms with E-state index in [0.717, 1.165) is 34.6 Å². The van der Waals surface area contributed by atoms with Gasteiger partial charge in [0.15, 0.2) is 11.7 Å². The molecule has 1 aromatic heterocycles. The van der Waals surface area contributed by atoms with Crippen molar-refractivity contribution < 1.29 is 9.53 Å². The van der Waals surface area contributed by atoms with Crippen molar-refractivity contribution in [1.82, 2.24) is 4.98 Å². The van der Waals surface area contributed by atoms with Crippen LogP contribution >= 0.6 is 11.3 Å². The van der Waals surface area contributed by atoms with Crippen LogP contribution in [0.25, 0.3) is 11.3 Å². The molecule has 1 amide bonds. The number of nitrogens with zero attached hydrogens (tertiary/aromatic N) is 1. The Kier molecular flexibility index (Phi) is 5.68. The highest BCUT2D eigenvalue weighted by Crippen LogP contribution is 2.25. The number of ether oxygens (including phenoxy) is 1. The maximum absolute atomic E-state index is 12.1. The number of nitrogens with one attached hydrogen (secondary N) is 1. The lowest BCUT2D eigenvalue weighted by Gasteiger charge is -2.09. The summed E-state index contributed by atoms with van der Waals surface area (Å²) in [5.74, 6) is 0.518. The molecule has 0 atom stereocenters. The number of aromatic nitrogens is 1. The number of thiazole rings is 1. The summed E-state index contributed by atoms with van der Waals surface area (Å²) in [5.41, 5.74) is 5.32. The molecule has 4 nitrogen and oxygen atoms in total. The standard InChI is InChI=1S/C21H22N2O2S/c1-4-16-7-9-17(10-8-16)18-13-26-21(22-18)23-20(24)12-25-19-11-14(2)5-6-15(19)3/h5-11,13H,4,12H2,1-3H3,(H,22,23,24). The average Bonchev–Trinajstić information content (AvgIpc) is 3.11. The van der Waals surface area contributed by atoms with Crippen molar-refractivity contribution in [3.63, 3.8) is 0 Å². The molecule has 134 valence electrons. The maximum atomic E-state index is 12.1. The third kappa shape index (κ3) is 4.49. The Morgan fingerprint density at radius 3 is 2.65 bits per heavy atom. The zero-order valence-corrected chi connectivity index (χ0v) is 16.0. The summed E-state index contributed by atoms with van der Waals surface area (Å²) in [6, 6.07) is 14.3. The summed E-state index contributed by atoms with van der Waals surface area (Å²) in [6.07, 6.45) is 1.01. The maximum Gasteiger partial charge on any atom is 0.264 e. The number of amides is 1. The number of carbonyl (C=O) groups is 1. The van der Waals surface area contributed by atoms with Crippen molar-refractivity contribution in [2.75, 3.05) is 11.9 Å². The van der Waals surface area contributed by atoms with Crippen LogP contribution < -0.4 is 10.1 Å². The van der Waals surface area contributed by atoms with Gasteiger partial charge in [-0.3, -0.25) is 10.1 Å². The molecule has 0 saturated carbocycles. The van der Waals surface area contributed by atoms with Crippen LogP contribution in [0.5, 0.6) is 5.75 Å². The van der Waals surface area contributed by atoms with E-state index < -0.39 is 0 Å². The van der Waals surface area contributed by atoms with Gasteiger partial charge in [-0.2, -0.15) is 0 Å². The lowest BCUT2D eigenvalue weighted by molar-refractivity contribution is -0.118. The molecular weight excluding hydrogens is 344 g/mol. The minimum Gasteiger partial charge on any atom is -0.483 e. The monoisotopic (exact) mass is 366 g/mol. The van der Waals surface area contributed by atoms with Crippen LogP contribution in [0.15, 0.2) is 47.8 Å². The van der Waals surface area contributed by atoms with Crippen LogP contribution in [0, 0.1) is 13.8 Å². The fraction of sp³-hybridized carbons (Fsp3) is 0.238. The first-order valence-electron chi connectivity index (χ1n) is 8.60. The van der Waals surface area contributed by atoms with E-state index in [2.05, 4.69) is 41.5 Å². The topological polar surface area (TPSA) is 51.2 Å². The van der Waals surface area contributed by atoms with Gasteiger partial charge in [0, 0.05) is 10.9 Å². The summed E-state index contributed by atoms with van der Waals surface area (Å²) in [7, 11) is 0. The minimum absolute atomic E-state index is 0.0373. The van der Waals surface area contributed by atoms with E-state index in [-0.39, 0.29) is 12.5 Å². The Hall–Kier alpha value is -2.66. The van der Waals surface area contributed by atoms with E-state index in [1.165, 1.54) is 16.9 Å². The molecule has 3 aromatic rings. The number of aryl methyl sites for hydroxylation is 3. The molecule has 1 heterocycles. The van der Waals surface area contributed by atoms with Gasteiger partial charge < -0.3 is 4.74 Å². The van der Waals surface area contributed by atoms with Crippen molar-refractivity contribution in [3.05, 3.63) is 64.5 Å². The average molecular weight is 366 g/mol. The van der Waals surface area contributed by atoms with Crippen LogP contribution in [0.2, 0.25) is 0 Å². The van der Waals surface area contributed by atoms with Crippen LogP contribution in [-0.4, -0.2) is 17.5 Å². The number of carbonyl (C=O) groups excluding carboxylic acids is 1. The molecule has 5 heteroatoms. The molecule has 0 aliphatic rings. The normalized spacial score (nSPS) is 10.6. The highest BCUT2D eigenvalue weighted by atomic mass is 32.1. The Morgan fingerprint density at radius 2 is 1.92 bits per heavy atom. The molecule has 0 fully saturated rings. The number of hydrogen-bond donors (Lipinski definition) is 1.